The number of nitrogens with zero attached hydrogens (tertiary/aromatic N) is 1. The van der Waals surface area contributed by atoms with Gasteiger partial charge in [0.2, 0.25) is 11.8 Å². The molecule has 2 N–H and O–H groups in total. The van der Waals surface area contributed by atoms with E-state index >= 15 is 0 Å². The van der Waals surface area contributed by atoms with Crippen LogP contribution >= 0.6 is 0 Å². The first-order chi connectivity index (χ1) is 15.7. The van der Waals surface area contributed by atoms with Crippen LogP contribution in [0.15, 0.2) is 34.9 Å². The maximum atomic E-state index is 13.7. The molecule has 1 aliphatic carbocycles. The number of halogens is 1. The van der Waals surface area contributed by atoms with Crippen molar-refractivity contribution in [2.24, 2.45) is 17.8 Å². The van der Waals surface area contributed by atoms with Crippen LogP contribution in [0.2, 0.25) is 6.32 Å². The van der Waals surface area contributed by atoms with E-state index in [1.165, 1.54) is 22.6 Å². The second kappa shape index (κ2) is 9.43. The van der Waals surface area contributed by atoms with Gasteiger partial charge in [-0.05, 0) is 68.1 Å². The van der Waals surface area contributed by atoms with E-state index in [0.717, 1.165) is 24.0 Å². The number of aromatic hydroxyl groups is 1. The maximum Gasteiger partial charge on any atom is 0.455 e. The number of amides is 2. The SMILES string of the molecule is CCCC1=C2[C@@H](CC/C(C)=C/c3ccc(O)c(F)c3)OB(O)C[C@@H]2[C@@H]2C(=O)N(C)C(=O)[C@@H]2C1. The quantitative estimate of drug-likeness (QED) is 0.386. The highest BCUT2D eigenvalue weighted by Gasteiger charge is 2.56. The number of rotatable bonds is 6. The minimum Gasteiger partial charge on any atom is -0.505 e. The van der Waals surface area contributed by atoms with Crippen molar-refractivity contribution in [3.63, 3.8) is 0 Å². The van der Waals surface area contributed by atoms with Gasteiger partial charge in [0.05, 0.1) is 17.9 Å². The number of likely N-dealkylation sites (tertiary alicyclic amines) is 1. The Bertz CT molecular complexity index is 1020. The van der Waals surface area contributed by atoms with E-state index in [-0.39, 0.29) is 35.5 Å². The number of benzene rings is 1. The molecule has 176 valence electrons. The summed E-state index contributed by atoms with van der Waals surface area (Å²) in [5.41, 5.74) is 3.97. The molecule has 4 atom stereocenters. The van der Waals surface area contributed by atoms with Crippen LogP contribution in [0.3, 0.4) is 0 Å². The van der Waals surface area contributed by atoms with E-state index < -0.39 is 18.9 Å². The van der Waals surface area contributed by atoms with Crippen molar-refractivity contribution in [1.29, 1.82) is 0 Å². The highest BCUT2D eigenvalue weighted by Crippen LogP contribution is 2.51. The highest BCUT2D eigenvalue weighted by molar-refractivity contribution is 6.43. The first kappa shape index (κ1) is 23.7. The fourth-order valence-corrected chi connectivity index (χ4v) is 5.79. The molecule has 6 nitrogen and oxygen atoms in total. The molecular weight excluding hydrogens is 424 g/mol. The number of phenols is 1. The first-order valence-electron chi connectivity index (χ1n) is 11.7. The molecule has 0 saturated carbocycles. The molecule has 3 aliphatic rings. The fraction of sp³-hybridized carbons (Fsp3) is 0.520. The van der Waals surface area contributed by atoms with Crippen LogP contribution in [0.25, 0.3) is 6.08 Å². The zero-order valence-electron chi connectivity index (χ0n) is 19.4. The van der Waals surface area contributed by atoms with Gasteiger partial charge in [0.15, 0.2) is 11.6 Å². The van der Waals surface area contributed by atoms with Gasteiger partial charge in [-0.1, -0.05) is 36.6 Å². The smallest absolute Gasteiger partial charge is 0.455 e. The van der Waals surface area contributed by atoms with E-state index in [0.29, 0.717) is 31.1 Å². The van der Waals surface area contributed by atoms with Crippen molar-refractivity contribution >= 4 is 25.0 Å². The molecule has 0 spiro atoms. The van der Waals surface area contributed by atoms with Crippen LogP contribution in [0.1, 0.15) is 51.5 Å². The summed E-state index contributed by atoms with van der Waals surface area (Å²) in [6.07, 6.45) is 5.51. The second-order valence-corrected chi connectivity index (χ2v) is 9.54. The number of carbonyl (C=O) groups excluding carboxylic acids is 2. The Morgan fingerprint density at radius 2 is 2.06 bits per heavy atom. The Balaban J connectivity index is 1.59. The zero-order valence-corrected chi connectivity index (χ0v) is 19.4. The van der Waals surface area contributed by atoms with Gasteiger partial charge in [0.25, 0.3) is 0 Å². The van der Waals surface area contributed by atoms with Gasteiger partial charge in [0, 0.05) is 7.05 Å². The minimum atomic E-state index is -0.977. The number of fused-ring (bicyclic) bond motifs is 3. The van der Waals surface area contributed by atoms with Crippen molar-refractivity contribution in [1.82, 2.24) is 4.90 Å². The molecule has 0 radical (unpaired) electrons. The highest BCUT2D eigenvalue weighted by atomic mass is 19.1. The number of hydrogen-bond donors (Lipinski definition) is 2. The van der Waals surface area contributed by atoms with Crippen LogP contribution in [-0.2, 0) is 14.2 Å². The Morgan fingerprint density at radius 1 is 1.30 bits per heavy atom. The van der Waals surface area contributed by atoms with Gasteiger partial charge in [-0.2, -0.15) is 0 Å². The topological polar surface area (TPSA) is 87.1 Å². The first-order valence-corrected chi connectivity index (χ1v) is 11.7. The molecule has 4 rings (SSSR count). The summed E-state index contributed by atoms with van der Waals surface area (Å²) in [6.45, 7) is 4.05. The lowest BCUT2D eigenvalue weighted by atomic mass is 9.58. The molecule has 1 aromatic rings. The van der Waals surface area contributed by atoms with Gasteiger partial charge < -0.3 is 14.8 Å². The summed E-state index contributed by atoms with van der Waals surface area (Å²) >= 11 is 0. The van der Waals surface area contributed by atoms with Gasteiger partial charge in [-0.15, -0.1) is 0 Å². The molecule has 1 aromatic carbocycles. The Hall–Kier alpha value is -2.45. The Kier molecular flexibility index (Phi) is 6.77. The summed E-state index contributed by atoms with van der Waals surface area (Å²) in [7, 11) is 0.574. The predicted molar refractivity (Wildman–Crippen MR) is 123 cm³/mol. The normalized spacial score (nSPS) is 27.8. The summed E-state index contributed by atoms with van der Waals surface area (Å²) in [4.78, 5) is 26.9. The van der Waals surface area contributed by atoms with Crippen molar-refractivity contribution in [2.75, 3.05) is 7.05 Å². The zero-order chi connectivity index (χ0) is 23.9. The number of imide groups is 1. The van der Waals surface area contributed by atoms with Crippen molar-refractivity contribution < 1.29 is 28.8 Å². The molecular formula is C25H31BFNO5. The molecule has 2 fully saturated rings. The largest absolute Gasteiger partial charge is 0.505 e. The standard InChI is InChI=1S/C25H31BFNO5/c1-4-5-16-12-17-23(25(31)28(3)24(17)30)18-13-26(32)33-21(22(16)18)9-6-14(2)10-15-7-8-20(29)19(27)11-15/h7-8,10-11,17-18,21,23,29,32H,4-6,9,12-13H2,1-3H3/b14-10+/t17-,18+,21-,23-/m1/s1. The van der Waals surface area contributed by atoms with Crippen molar-refractivity contribution in [3.8, 4) is 5.75 Å². The maximum absolute atomic E-state index is 13.7. The van der Waals surface area contributed by atoms with Crippen LogP contribution in [0, 0.1) is 23.6 Å². The monoisotopic (exact) mass is 455 g/mol. The molecule has 33 heavy (non-hydrogen) atoms. The third-order valence-corrected chi connectivity index (χ3v) is 7.27. The van der Waals surface area contributed by atoms with Gasteiger partial charge in [0.1, 0.15) is 0 Å². The van der Waals surface area contributed by atoms with E-state index in [4.69, 9.17) is 4.65 Å². The lowest BCUT2D eigenvalue weighted by Gasteiger charge is -2.43. The van der Waals surface area contributed by atoms with Crippen molar-refractivity contribution in [3.05, 3.63) is 46.3 Å². The van der Waals surface area contributed by atoms with Gasteiger partial charge >= 0.3 is 7.12 Å². The van der Waals surface area contributed by atoms with E-state index in [2.05, 4.69) is 6.92 Å². The van der Waals surface area contributed by atoms with Crippen LogP contribution in [0.4, 0.5) is 4.39 Å². The van der Waals surface area contributed by atoms with Gasteiger partial charge in [-0.25, -0.2) is 4.39 Å². The number of allylic oxidation sites excluding steroid dienone is 2. The Labute approximate surface area is 194 Å². The summed E-state index contributed by atoms with van der Waals surface area (Å²) in [5, 5.41) is 19.9. The molecule has 0 aromatic heterocycles. The number of hydrogen-bond acceptors (Lipinski definition) is 5. The van der Waals surface area contributed by atoms with Gasteiger partial charge in [-0.3, -0.25) is 14.5 Å². The van der Waals surface area contributed by atoms with Crippen molar-refractivity contribution in [2.45, 2.75) is 58.4 Å². The Morgan fingerprint density at radius 3 is 2.76 bits per heavy atom. The summed E-state index contributed by atoms with van der Waals surface area (Å²) in [5.74, 6) is -2.25. The minimum absolute atomic E-state index is 0.116. The number of phenolic OH excluding ortho intramolecular Hbond substituents is 1. The second-order valence-electron chi connectivity index (χ2n) is 9.54. The van der Waals surface area contributed by atoms with E-state index in [1.807, 2.05) is 13.0 Å². The van der Waals surface area contributed by atoms with E-state index in [9.17, 15) is 24.1 Å². The molecule has 0 unspecified atom stereocenters. The lowest BCUT2D eigenvalue weighted by molar-refractivity contribution is -0.138. The summed E-state index contributed by atoms with van der Waals surface area (Å²) in [6, 6.07) is 4.27. The average Bonchev–Trinajstić information content (AvgIpc) is 2.98. The molecule has 8 heteroatoms. The van der Waals surface area contributed by atoms with Crippen LogP contribution in [0.5, 0.6) is 5.75 Å². The fourth-order valence-electron chi connectivity index (χ4n) is 5.79. The summed E-state index contributed by atoms with van der Waals surface area (Å²) < 4.78 is 19.6. The average molecular weight is 455 g/mol. The molecule has 2 amide bonds. The molecule has 2 heterocycles. The van der Waals surface area contributed by atoms with Crippen LogP contribution < -0.4 is 0 Å². The lowest BCUT2D eigenvalue weighted by Crippen LogP contribution is -2.46. The molecule has 2 aliphatic heterocycles. The predicted octanol–water partition coefficient (Wildman–Crippen LogP) is 3.94. The third kappa shape index (κ3) is 4.51. The molecule has 2 saturated heterocycles. The molecule has 0 bridgehead atoms. The third-order valence-electron chi connectivity index (χ3n) is 7.27. The number of carbonyl (C=O) groups is 2. The van der Waals surface area contributed by atoms with Crippen LogP contribution in [-0.4, -0.2) is 47.1 Å². The van der Waals surface area contributed by atoms with E-state index in [1.54, 1.807) is 13.1 Å².